The Hall–Kier alpha value is -2.76. The number of pyridine rings is 1. The SMILES string of the molecule is CCOc1ccc(C(C)NC(=NC)NCCc2ccccn2)cc1OCC. The molecule has 0 spiro atoms. The van der Waals surface area contributed by atoms with Gasteiger partial charge in [0.2, 0.25) is 0 Å². The Balaban J connectivity index is 1.95. The van der Waals surface area contributed by atoms with Crippen molar-refractivity contribution in [3.63, 3.8) is 0 Å². The van der Waals surface area contributed by atoms with E-state index in [4.69, 9.17) is 9.47 Å². The van der Waals surface area contributed by atoms with Crippen molar-refractivity contribution in [3.8, 4) is 11.5 Å². The number of ether oxygens (including phenoxy) is 2. The molecule has 1 atom stereocenters. The van der Waals surface area contributed by atoms with Crippen molar-refractivity contribution < 1.29 is 9.47 Å². The third kappa shape index (κ3) is 6.47. The van der Waals surface area contributed by atoms with Crippen molar-refractivity contribution in [2.24, 2.45) is 4.99 Å². The Bertz CT molecular complexity index is 719. The van der Waals surface area contributed by atoms with Gasteiger partial charge in [-0.25, -0.2) is 0 Å². The molecule has 0 amide bonds. The zero-order valence-corrected chi connectivity index (χ0v) is 16.7. The molecule has 0 saturated heterocycles. The second-order valence-electron chi connectivity index (χ2n) is 6.01. The van der Waals surface area contributed by atoms with Crippen LogP contribution in [0, 0.1) is 0 Å². The maximum Gasteiger partial charge on any atom is 0.191 e. The van der Waals surface area contributed by atoms with Gasteiger partial charge in [0, 0.05) is 31.9 Å². The van der Waals surface area contributed by atoms with E-state index in [9.17, 15) is 0 Å². The van der Waals surface area contributed by atoms with Crippen molar-refractivity contribution in [3.05, 3.63) is 53.9 Å². The van der Waals surface area contributed by atoms with Gasteiger partial charge in [-0.15, -0.1) is 0 Å². The lowest BCUT2D eigenvalue weighted by molar-refractivity contribution is 0.287. The number of guanidine groups is 1. The second kappa shape index (κ2) is 11.1. The molecule has 27 heavy (non-hydrogen) atoms. The molecule has 2 N–H and O–H groups in total. The van der Waals surface area contributed by atoms with Gasteiger partial charge in [-0.3, -0.25) is 9.98 Å². The molecule has 0 radical (unpaired) electrons. The van der Waals surface area contributed by atoms with Gasteiger partial charge in [-0.1, -0.05) is 12.1 Å². The highest BCUT2D eigenvalue weighted by molar-refractivity contribution is 5.80. The molecule has 6 heteroatoms. The van der Waals surface area contributed by atoms with Crippen molar-refractivity contribution in [1.29, 1.82) is 0 Å². The topological polar surface area (TPSA) is 67.8 Å². The summed E-state index contributed by atoms with van der Waals surface area (Å²) in [6.07, 6.45) is 2.65. The Morgan fingerprint density at radius 2 is 1.89 bits per heavy atom. The monoisotopic (exact) mass is 370 g/mol. The van der Waals surface area contributed by atoms with Crippen LogP contribution < -0.4 is 20.1 Å². The standard InChI is InChI=1S/C21H30N4O2/c1-5-26-19-11-10-17(15-20(19)27-6-2)16(3)25-21(22-4)24-14-12-18-9-7-8-13-23-18/h7-11,13,15-16H,5-6,12,14H2,1-4H3,(H2,22,24,25). The van der Waals surface area contributed by atoms with Crippen LogP contribution >= 0.6 is 0 Å². The van der Waals surface area contributed by atoms with Gasteiger partial charge in [0.15, 0.2) is 17.5 Å². The molecule has 1 unspecified atom stereocenters. The second-order valence-corrected chi connectivity index (χ2v) is 6.01. The van der Waals surface area contributed by atoms with Gasteiger partial charge in [0.05, 0.1) is 19.3 Å². The summed E-state index contributed by atoms with van der Waals surface area (Å²) in [5.41, 5.74) is 2.16. The van der Waals surface area contributed by atoms with Gasteiger partial charge in [0.25, 0.3) is 0 Å². The fraction of sp³-hybridized carbons (Fsp3) is 0.429. The maximum atomic E-state index is 5.72. The molecule has 2 rings (SSSR count). The van der Waals surface area contributed by atoms with E-state index >= 15 is 0 Å². The van der Waals surface area contributed by atoms with Crippen LogP contribution in [0.3, 0.4) is 0 Å². The molecule has 0 bridgehead atoms. The number of hydrogen-bond donors (Lipinski definition) is 2. The van der Waals surface area contributed by atoms with Crippen LogP contribution in [0.5, 0.6) is 11.5 Å². The Morgan fingerprint density at radius 1 is 1.11 bits per heavy atom. The highest BCUT2D eigenvalue weighted by Gasteiger charge is 2.12. The minimum atomic E-state index is 0.0703. The summed E-state index contributed by atoms with van der Waals surface area (Å²) in [6, 6.07) is 12.0. The lowest BCUT2D eigenvalue weighted by Crippen LogP contribution is -2.39. The molecule has 6 nitrogen and oxygen atoms in total. The third-order valence-electron chi connectivity index (χ3n) is 4.04. The summed E-state index contributed by atoms with van der Waals surface area (Å²) in [6.45, 7) is 8.00. The molecular formula is C21H30N4O2. The fourth-order valence-electron chi connectivity index (χ4n) is 2.68. The first-order valence-electron chi connectivity index (χ1n) is 9.44. The minimum absolute atomic E-state index is 0.0703. The van der Waals surface area contributed by atoms with E-state index in [-0.39, 0.29) is 6.04 Å². The van der Waals surface area contributed by atoms with Gasteiger partial charge < -0.3 is 20.1 Å². The maximum absolute atomic E-state index is 5.72. The Morgan fingerprint density at radius 3 is 2.56 bits per heavy atom. The van der Waals surface area contributed by atoms with E-state index < -0.39 is 0 Å². The first-order valence-corrected chi connectivity index (χ1v) is 9.44. The summed E-state index contributed by atoms with van der Waals surface area (Å²) in [4.78, 5) is 8.64. The van der Waals surface area contributed by atoms with Crippen LogP contribution in [-0.2, 0) is 6.42 Å². The summed E-state index contributed by atoms with van der Waals surface area (Å²) in [5, 5.41) is 6.75. The molecule has 146 valence electrons. The number of hydrogen-bond acceptors (Lipinski definition) is 4. The van der Waals surface area contributed by atoms with Crippen molar-refractivity contribution in [2.45, 2.75) is 33.2 Å². The summed E-state index contributed by atoms with van der Waals surface area (Å²) >= 11 is 0. The number of nitrogens with zero attached hydrogens (tertiary/aromatic N) is 2. The van der Waals surface area contributed by atoms with Crippen molar-refractivity contribution >= 4 is 5.96 Å². The largest absolute Gasteiger partial charge is 0.490 e. The number of benzene rings is 1. The number of nitrogens with one attached hydrogen (secondary N) is 2. The molecule has 0 aliphatic carbocycles. The normalized spacial score (nSPS) is 12.4. The lowest BCUT2D eigenvalue weighted by Gasteiger charge is -2.20. The number of aromatic nitrogens is 1. The summed E-state index contributed by atoms with van der Waals surface area (Å²) in [5.74, 6) is 2.29. The highest BCUT2D eigenvalue weighted by Crippen LogP contribution is 2.30. The molecule has 1 heterocycles. The van der Waals surface area contributed by atoms with E-state index in [2.05, 4.69) is 27.5 Å². The van der Waals surface area contributed by atoms with Crippen LogP contribution in [0.1, 0.15) is 38.1 Å². The van der Waals surface area contributed by atoms with E-state index in [1.807, 2.05) is 56.4 Å². The first kappa shape index (κ1) is 20.6. The van der Waals surface area contributed by atoms with E-state index in [0.717, 1.165) is 41.7 Å². The average Bonchev–Trinajstić information content (AvgIpc) is 2.69. The molecule has 1 aromatic heterocycles. The van der Waals surface area contributed by atoms with Crippen LogP contribution in [0.4, 0.5) is 0 Å². The zero-order chi connectivity index (χ0) is 19.5. The highest BCUT2D eigenvalue weighted by atomic mass is 16.5. The molecule has 1 aromatic carbocycles. The van der Waals surface area contributed by atoms with Crippen LogP contribution in [0.2, 0.25) is 0 Å². The van der Waals surface area contributed by atoms with Crippen LogP contribution in [-0.4, -0.2) is 37.7 Å². The molecule has 0 fully saturated rings. The smallest absolute Gasteiger partial charge is 0.191 e. The molecular weight excluding hydrogens is 340 g/mol. The Kier molecular flexibility index (Phi) is 8.42. The summed E-state index contributed by atoms with van der Waals surface area (Å²) in [7, 11) is 1.77. The minimum Gasteiger partial charge on any atom is -0.490 e. The van der Waals surface area contributed by atoms with E-state index in [1.54, 1.807) is 7.05 Å². The van der Waals surface area contributed by atoms with Crippen LogP contribution in [0.15, 0.2) is 47.6 Å². The van der Waals surface area contributed by atoms with E-state index in [0.29, 0.717) is 13.2 Å². The molecule has 2 aromatic rings. The lowest BCUT2D eigenvalue weighted by atomic mass is 10.1. The molecule has 0 aliphatic rings. The van der Waals surface area contributed by atoms with Crippen molar-refractivity contribution in [2.75, 3.05) is 26.8 Å². The van der Waals surface area contributed by atoms with Gasteiger partial charge >= 0.3 is 0 Å². The first-order chi connectivity index (χ1) is 13.2. The van der Waals surface area contributed by atoms with Crippen molar-refractivity contribution in [1.82, 2.24) is 15.6 Å². The predicted molar refractivity (Wildman–Crippen MR) is 110 cm³/mol. The van der Waals surface area contributed by atoms with Gasteiger partial charge in [0.1, 0.15) is 0 Å². The number of rotatable bonds is 9. The Labute approximate surface area is 162 Å². The third-order valence-corrected chi connectivity index (χ3v) is 4.04. The average molecular weight is 370 g/mol. The predicted octanol–water partition coefficient (Wildman–Crippen LogP) is 3.35. The number of aliphatic imine (C=N–C) groups is 1. The van der Waals surface area contributed by atoms with Crippen LogP contribution in [0.25, 0.3) is 0 Å². The fourth-order valence-corrected chi connectivity index (χ4v) is 2.68. The van der Waals surface area contributed by atoms with Gasteiger partial charge in [-0.2, -0.15) is 0 Å². The molecule has 0 saturated carbocycles. The zero-order valence-electron chi connectivity index (χ0n) is 16.7. The quantitative estimate of drug-likeness (QED) is 0.523. The van der Waals surface area contributed by atoms with Gasteiger partial charge in [-0.05, 0) is 50.6 Å². The van der Waals surface area contributed by atoms with E-state index in [1.165, 1.54) is 0 Å². The molecule has 0 aliphatic heterocycles. The summed E-state index contributed by atoms with van der Waals surface area (Å²) < 4.78 is 11.4.